The first-order valence-electron chi connectivity index (χ1n) is 11.5. The van der Waals surface area contributed by atoms with E-state index in [1.165, 1.54) is 6.08 Å². The Labute approximate surface area is 209 Å². The number of fused-ring (bicyclic) bond motifs is 1. The largest absolute Gasteiger partial charge is 0.344 e. The van der Waals surface area contributed by atoms with Gasteiger partial charge in [0.25, 0.3) is 5.91 Å². The van der Waals surface area contributed by atoms with Crippen LogP contribution in [0.2, 0.25) is 0 Å². The molecule has 0 heterocycles. The van der Waals surface area contributed by atoms with E-state index in [-0.39, 0.29) is 19.0 Å². The van der Waals surface area contributed by atoms with Crippen molar-refractivity contribution in [2.24, 2.45) is 0 Å². The summed E-state index contributed by atoms with van der Waals surface area (Å²) in [6.07, 6.45) is 3.93. The summed E-state index contributed by atoms with van der Waals surface area (Å²) in [5.74, 6) is -2.03. The van der Waals surface area contributed by atoms with Crippen LogP contribution >= 0.6 is 0 Å². The lowest BCUT2D eigenvalue weighted by Crippen LogP contribution is -2.40. The summed E-state index contributed by atoms with van der Waals surface area (Å²) in [7, 11) is -3.31. The molecule has 3 N–H and O–H groups in total. The summed E-state index contributed by atoms with van der Waals surface area (Å²) < 4.78 is 22.1. The lowest BCUT2D eigenvalue weighted by Gasteiger charge is -2.21. The van der Waals surface area contributed by atoms with E-state index in [1.54, 1.807) is 24.3 Å². The van der Waals surface area contributed by atoms with Crippen LogP contribution in [-0.4, -0.2) is 38.9 Å². The molecular weight excluding hydrogens is 478 g/mol. The van der Waals surface area contributed by atoms with Crippen molar-refractivity contribution in [3.8, 4) is 0 Å². The molecule has 3 aromatic rings. The molecule has 1 aliphatic carbocycles. The van der Waals surface area contributed by atoms with Crippen LogP contribution < -0.4 is 16.0 Å². The van der Waals surface area contributed by atoms with Crippen LogP contribution in [0, 0.1) is 0 Å². The molecule has 3 amide bonds. The molecule has 0 unspecified atom stereocenters. The zero-order valence-corrected chi connectivity index (χ0v) is 20.6. The van der Waals surface area contributed by atoms with Gasteiger partial charge in [0.05, 0.1) is 5.54 Å². The molecule has 0 bridgehead atoms. The van der Waals surface area contributed by atoms with E-state index in [9.17, 15) is 22.8 Å². The average molecular weight is 506 g/mol. The third-order valence-electron chi connectivity index (χ3n) is 6.04. The number of amides is 3. The Morgan fingerprint density at radius 2 is 1.56 bits per heavy atom. The van der Waals surface area contributed by atoms with Crippen LogP contribution in [0.3, 0.4) is 0 Å². The first-order valence-corrected chi connectivity index (χ1v) is 13.5. The Morgan fingerprint density at radius 3 is 2.31 bits per heavy atom. The van der Waals surface area contributed by atoms with Gasteiger partial charge in [-0.15, -0.1) is 0 Å². The van der Waals surface area contributed by atoms with Gasteiger partial charge in [-0.3, -0.25) is 14.4 Å². The highest BCUT2D eigenvalue weighted by Gasteiger charge is 2.46. The molecule has 4 rings (SSSR count). The van der Waals surface area contributed by atoms with Crippen molar-refractivity contribution in [3.63, 3.8) is 0 Å². The number of hydrogen-bond acceptors (Lipinski definition) is 5. The number of hydrogen-bond donors (Lipinski definition) is 3. The van der Waals surface area contributed by atoms with E-state index < -0.39 is 27.2 Å². The highest BCUT2D eigenvalue weighted by Crippen LogP contribution is 2.48. The molecule has 3 aromatic carbocycles. The summed E-state index contributed by atoms with van der Waals surface area (Å²) in [6.45, 7) is -0.120. The van der Waals surface area contributed by atoms with E-state index in [2.05, 4.69) is 22.0 Å². The maximum atomic E-state index is 13.3. The summed E-state index contributed by atoms with van der Waals surface area (Å²) in [6, 6.07) is 21.1. The molecule has 0 atom stereocenters. The Kier molecular flexibility index (Phi) is 7.21. The van der Waals surface area contributed by atoms with Crippen LogP contribution in [0.25, 0.3) is 10.8 Å². The van der Waals surface area contributed by atoms with E-state index in [0.29, 0.717) is 11.1 Å². The van der Waals surface area contributed by atoms with Crippen molar-refractivity contribution < 1.29 is 22.8 Å². The van der Waals surface area contributed by atoms with Crippen molar-refractivity contribution in [1.82, 2.24) is 16.0 Å². The van der Waals surface area contributed by atoms with Crippen molar-refractivity contribution in [2.75, 3.05) is 12.8 Å². The van der Waals surface area contributed by atoms with Crippen LogP contribution in [0.15, 0.2) is 78.2 Å². The minimum absolute atomic E-state index is 0.0176. The number of rotatable bonds is 8. The topological polar surface area (TPSA) is 121 Å². The van der Waals surface area contributed by atoms with Crippen LogP contribution in [0.5, 0.6) is 0 Å². The van der Waals surface area contributed by atoms with Crippen LogP contribution in [-0.2, 0) is 31.5 Å². The number of sulfone groups is 1. The lowest BCUT2D eigenvalue weighted by atomic mass is 9.96. The fourth-order valence-electron chi connectivity index (χ4n) is 4.12. The van der Waals surface area contributed by atoms with Crippen molar-refractivity contribution in [2.45, 2.75) is 24.9 Å². The Morgan fingerprint density at radius 1 is 0.889 bits per heavy atom. The first-order chi connectivity index (χ1) is 17.2. The van der Waals surface area contributed by atoms with E-state index in [4.69, 9.17) is 0 Å². The fraction of sp³-hybridized carbons (Fsp3) is 0.222. The van der Waals surface area contributed by atoms with Crippen LogP contribution in [0.1, 0.15) is 34.3 Å². The highest BCUT2D eigenvalue weighted by atomic mass is 32.2. The van der Waals surface area contributed by atoms with E-state index in [0.717, 1.165) is 40.8 Å². The predicted molar refractivity (Wildman–Crippen MR) is 138 cm³/mol. The maximum Gasteiger partial charge on any atom is 0.309 e. The monoisotopic (exact) mass is 505 g/mol. The van der Waals surface area contributed by atoms with Gasteiger partial charge in [0.15, 0.2) is 9.84 Å². The molecule has 0 saturated heterocycles. The third-order valence-corrected chi connectivity index (χ3v) is 6.73. The zero-order valence-electron chi connectivity index (χ0n) is 19.8. The molecule has 0 radical (unpaired) electrons. The molecule has 0 aliphatic heterocycles. The van der Waals surface area contributed by atoms with Gasteiger partial charge in [-0.2, -0.15) is 0 Å². The third kappa shape index (κ3) is 5.98. The minimum atomic E-state index is -3.31. The van der Waals surface area contributed by atoms with Crippen molar-refractivity contribution >= 4 is 38.3 Å². The zero-order chi connectivity index (χ0) is 25.8. The fourth-order valence-corrected chi connectivity index (χ4v) is 4.57. The maximum absolute atomic E-state index is 13.3. The molecule has 1 aliphatic rings. The molecular formula is C27H27N3O5S. The van der Waals surface area contributed by atoms with Gasteiger partial charge in [0.1, 0.15) is 0 Å². The van der Waals surface area contributed by atoms with Gasteiger partial charge < -0.3 is 16.0 Å². The molecule has 36 heavy (non-hydrogen) atoms. The molecule has 186 valence electrons. The van der Waals surface area contributed by atoms with Gasteiger partial charge in [0, 0.05) is 30.3 Å². The Balaban J connectivity index is 1.41. The Hall–Kier alpha value is -3.98. The van der Waals surface area contributed by atoms with Gasteiger partial charge >= 0.3 is 11.8 Å². The van der Waals surface area contributed by atoms with E-state index >= 15 is 0 Å². The summed E-state index contributed by atoms with van der Waals surface area (Å²) >= 11 is 0. The highest BCUT2D eigenvalue weighted by molar-refractivity contribution is 7.93. The number of carbonyl (C=O) groups excluding carboxylic acids is 3. The van der Waals surface area contributed by atoms with Gasteiger partial charge in [-0.1, -0.05) is 66.7 Å². The number of carbonyl (C=O) groups is 3. The molecule has 0 aromatic heterocycles. The van der Waals surface area contributed by atoms with Crippen LogP contribution in [0.4, 0.5) is 0 Å². The number of benzene rings is 3. The lowest BCUT2D eigenvalue weighted by molar-refractivity contribution is -0.139. The first kappa shape index (κ1) is 25.1. The summed E-state index contributed by atoms with van der Waals surface area (Å²) in [5, 5.41) is 11.2. The number of nitrogens with one attached hydrogen (secondary N) is 3. The van der Waals surface area contributed by atoms with Gasteiger partial charge in [-0.25, -0.2) is 8.42 Å². The molecule has 9 heteroatoms. The smallest absolute Gasteiger partial charge is 0.309 e. The van der Waals surface area contributed by atoms with Gasteiger partial charge in [-0.05, 0) is 40.8 Å². The predicted octanol–water partition coefficient (Wildman–Crippen LogP) is 2.55. The minimum Gasteiger partial charge on any atom is -0.344 e. The molecule has 1 fully saturated rings. The second-order valence-electron chi connectivity index (χ2n) is 8.81. The molecule has 0 spiro atoms. The van der Waals surface area contributed by atoms with Gasteiger partial charge in [0.2, 0.25) is 0 Å². The molecule has 1 saturated carbocycles. The Bertz CT molecular complexity index is 1450. The molecule has 8 nitrogen and oxygen atoms in total. The van der Waals surface area contributed by atoms with Crippen molar-refractivity contribution in [1.29, 1.82) is 0 Å². The second-order valence-corrected chi connectivity index (χ2v) is 10.7. The standard InChI is InChI=1S/C27H27N3O5S/c1-36(34,35)17-7-16-28-25(32)26(33)29-18-20-9-3-5-12-22(20)24(31)30-27(14-15-27)23-13-6-10-19-8-2-4-11-21(19)23/h2-13,17H,14-16,18H2,1H3,(H,28,32)(H,29,33)(H,30,31)/b17-7+. The quantitative estimate of drug-likeness (QED) is 0.406. The second kappa shape index (κ2) is 10.3. The average Bonchev–Trinajstić information content (AvgIpc) is 3.64. The van der Waals surface area contributed by atoms with E-state index in [1.807, 2.05) is 36.4 Å². The van der Waals surface area contributed by atoms with Crippen molar-refractivity contribution in [3.05, 3.63) is 94.9 Å². The summed E-state index contributed by atoms with van der Waals surface area (Å²) in [5.41, 5.74) is 1.64. The normalized spacial score (nSPS) is 14.4. The summed E-state index contributed by atoms with van der Waals surface area (Å²) in [4.78, 5) is 37.5. The SMILES string of the molecule is CS(=O)(=O)/C=C/CNC(=O)C(=O)NCc1ccccc1C(=O)NC1(c2cccc3ccccc23)CC1.